The molecule has 9 heteroatoms. The molecule has 0 rings (SSSR count). The third kappa shape index (κ3) is 39.7. The molecule has 0 saturated carbocycles. The van der Waals surface area contributed by atoms with Crippen molar-refractivity contribution >= 4 is 13.7 Å². The van der Waals surface area contributed by atoms with E-state index in [2.05, 4.69) is 19.2 Å². The lowest BCUT2D eigenvalue weighted by atomic mass is 10.0. The maximum absolute atomic E-state index is 12.9. The number of rotatable bonds is 43. The van der Waals surface area contributed by atoms with Crippen molar-refractivity contribution in [1.29, 1.82) is 0 Å². The Morgan fingerprint density at radius 1 is 0.574 bits per heavy atom. The summed E-state index contributed by atoms with van der Waals surface area (Å²) in [5.74, 6) is -0.161. The van der Waals surface area contributed by atoms with Gasteiger partial charge in [-0.15, -0.1) is 0 Å². The lowest BCUT2D eigenvalue weighted by Gasteiger charge is -2.30. The SMILES string of the molecule is CCCCCCCCCCCCCCCCCCCCC(O)C(COP(=O)([O-])OCC[N+](C)(C)C)NC(=O)CCCCCCCCCCCCCCCC. The fourth-order valence-electron chi connectivity index (χ4n) is 7.10. The number of phosphoric acid groups is 1. The smallest absolute Gasteiger partial charge is 0.268 e. The minimum atomic E-state index is -4.56. The van der Waals surface area contributed by atoms with Crippen LogP contribution in [0.25, 0.3) is 0 Å². The van der Waals surface area contributed by atoms with Crippen molar-refractivity contribution in [2.45, 2.75) is 244 Å². The summed E-state index contributed by atoms with van der Waals surface area (Å²) in [4.78, 5) is 25.3. The van der Waals surface area contributed by atoms with E-state index in [4.69, 9.17) is 9.05 Å². The van der Waals surface area contributed by atoms with Crippen molar-refractivity contribution in [2.24, 2.45) is 0 Å². The summed E-state index contributed by atoms with van der Waals surface area (Å²) >= 11 is 0. The van der Waals surface area contributed by atoms with Crippen LogP contribution in [0.15, 0.2) is 0 Å². The Balaban J connectivity index is 4.29. The summed E-state index contributed by atoms with van der Waals surface area (Å²) < 4.78 is 23.3. The Labute approximate surface area is 336 Å². The number of nitrogens with one attached hydrogen (secondary N) is 1. The zero-order valence-electron chi connectivity index (χ0n) is 36.7. The number of phosphoric ester groups is 1. The molecule has 0 fully saturated rings. The van der Waals surface area contributed by atoms with Gasteiger partial charge in [-0.05, 0) is 12.8 Å². The van der Waals surface area contributed by atoms with Crippen LogP contribution in [-0.2, 0) is 18.4 Å². The summed E-state index contributed by atoms with van der Waals surface area (Å²) in [5, 5.41) is 13.9. The van der Waals surface area contributed by atoms with E-state index in [1.807, 2.05) is 21.1 Å². The first-order valence-electron chi connectivity index (χ1n) is 23.4. The van der Waals surface area contributed by atoms with Gasteiger partial charge in [0, 0.05) is 6.42 Å². The number of carbonyl (C=O) groups excluding carboxylic acids is 1. The highest BCUT2D eigenvalue weighted by atomic mass is 31.2. The molecule has 0 aromatic carbocycles. The first kappa shape index (κ1) is 53.5. The van der Waals surface area contributed by atoms with Crippen LogP contribution >= 0.6 is 7.82 Å². The number of amides is 1. The van der Waals surface area contributed by atoms with Crippen molar-refractivity contribution in [3.05, 3.63) is 0 Å². The second-order valence-corrected chi connectivity index (χ2v) is 18.9. The highest BCUT2D eigenvalue weighted by Crippen LogP contribution is 2.38. The normalized spacial score (nSPS) is 14.3. The Hall–Kier alpha value is -0.500. The Bertz CT molecular complexity index is 855. The number of likely N-dealkylation sites (N-methyl/N-ethyl adjacent to an activating group) is 1. The van der Waals surface area contributed by atoms with E-state index in [0.29, 0.717) is 23.9 Å². The van der Waals surface area contributed by atoms with Gasteiger partial charge in [0.15, 0.2) is 0 Å². The number of quaternary nitrogens is 1. The number of hydrogen-bond donors (Lipinski definition) is 2. The molecule has 324 valence electrons. The molecular formula is C45H93N2O6P. The van der Waals surface area contributed by atoms with Crippen LogP contribution in [0, 0.1) is 0 Å². The predicted octanol–water partition coefficient (Wildman–Crippen LogP) is 12.3. The first-order chi connectivity index (χ1) is 26.0. The molecule has 0 radical (unpaired) electrons. The number of hydrogen-bond acceptors (Lipinski definition) is 6. The molecule has 3 atom stereocenters. The van der Waals surface area contributed by atoms with Crippen molar-refractivity contribution in [3.8, 4) is 0 Å². The van der Waals surface area contributed by atoms with Gasteiger partial charge in [-0.1, -0.05) is 213 Å². The molecule has 0 aliphatic carbocycles. The van der Waals surface area contributed by atoms with Crippen LogP contribution in [0.5, 0.6) is 0 Å². The molecule has 0 aromatic heterocycles. The van der Waals surface area contributed by atoms with Gasteiger partial charge in [0.1, 0.15) is 13.2 Å². The molecule has 0 bridgehead atoms. The maximum Gasteiger partial charge on any atom is 0.268 e. The summed E-state index contributed by atoms with van der Waals surface area (Å²) in [6.45, 7) is 4.74. The average Bonchev–Trinajstić information content (AvgIpc) is 3.12. The van der Waals surface area contributed by atoms with Gasteiger partial charge in [-0.25, -0.2) is 0 Å². The molecule has 0 heterocycles. The summed E-state index contributed by atoms with van der Waals surface area (Å²) in [6, 6.07) is -0.792. The second kappa shape index (κ2) is 38.0. The highest BCUT2D eigenvalue weighted by Gasteiger charge is 2.24. The minimum absolute atomic E-state index is 0.0162. The molecule has 0 saturated heterocycles. The third-order valence-corrected chi connectivity index (χ3v) is 11.8. The molecule has 2 N–H and O–H groups in total. The van der Waals surface area contributed by atoms with E-state index >= 15 is 0 Å². The quantitative estimate of drug-likeness (QED) is 0.0362. The van der Waals surface area contributed by atoms with Crippen molar-refractivity contribution in [3.63, 3.8) is 0 Å². The zero-order valence-corrected chi connectivity index (χ0v) is 37.6. The summed E-state index contributed by atoms with van der Waals surface area (Å²) in [5.41, 5.74) is 0. The van der Waals surface area contributed by atoms with Crippen LogP contribution in [0.2, 0.25) is 0 Å². The lowest BCUT2D eigenvalue weighted by Crippen LogP contribution is -2.46. The molecular weight excluding hydrogens is 695 g/mol. The number of aliphatic hydroxyl groups is 1. The standard InChI is InChI=1S/C45H93N2O6P/c1-6-8-10-12-14-16-18-20-22-23-24-25-26-28-30-32-34-36-38-44(48)43(42-53-54(50,51)52-41-40-47(3,4)5)46-45(49)39-37-35-33-31-29-27-21-19-17-15-13-11-9-7-2/h43-44,48H,6-42H2,1-5H3,(H-,46,49,50,51). The minimum Gasteiger partial charge on any atom is -0.756 e. The third-order valence-electron chi connectivity index (χ3n) is 10.8. The molecule has 0 spiro atoms. The van der Waals surface area contributed by atoms with Gasteiger partial charge in [-0.2, -0.15) is 0 Å². The second-order valence-electron chi connectivity index (χ2n) is 17.5. The Morgan fingerprint density at radius 2 is 0.907 bits per heavy atom. The first-order valence-corrected chi connectivity index (χ1v) is 24.8. The van der Waals surface area contributed by atoms with E-state index in [-0.39, 0.29) is 19.1 Å². The van der Waals surface area contributed by atoms with Gasteiger partial charge in [0.2, 0.25) is 5.91 Å². The number of nitrogens with zero attached hydrogens (tertiary/aromatic N) is 1. The van der Waals surface area contributed by atoms with Crippen molar-refractivity contribution in [1.82, 2.24) is 5.32 Å². The molecule has 3 unspecified atom stereocenters. The van der Waals surface area contributed by atoms with E-state index in [1.165, 1.54) is 167 Å². The molecule has 0 aromatic rings. The van der Waals surface area contributed by atoms with Crippen LogP contribution < -0.4 is 10.2 Å². The van der Waals surface area contributed by atoms with Gasteiger partial charge in [0.05, 0.1) is 39.9 Å². The molecule has 54 heavy (non-hydrogen) atoms. The van der Waals surface area contributed by atoms with Crippen molar-refractivity contribution in [2.75, 3.05) is 40.9 Å². The average molecular weight is 789 g/mol. The molecule has 1 amide bonds. The van der Waals surface area contributed by atoms with Crippen molar-refractivity contribution < 1.29 is 32.9 Å². The Morgan fingerprint density at radius 3 is 1.26 bits per heavy atom. The largest absolute Gasteiger partial charge is 0.756 e. The zero-order chi connectivity index (χ0) is 40.0. The van der Waals surface area contributed by atoms with Gasteiger partial charge in [0.25, 0.3) is 7.82 Å². The molecule has 0 aliphatic rings. The number of carbonyl (C=O) groups is 1. The number of unbranched alkanes of at least 4 members (excludes halogenated alkanes) is 30. The Kier molecular flexibility index (Phi) is 37.7. The van der Waals surface area contributed by atoms with E-state index in [9.17, 15) is 19.4 Å². The predicted molar refractivity (Wildman–Crippen MR) is 229 cm³/mol. The summed E-state index contributed by atoms with van der Waals surface area (Å²) in [6.07, 6.45) is 41.0. The van der Waals surface area contributed by atoms with Gasteiger partial charge < -0.3 is 28.8 Å². The lowest BCUT2D eigenvalue weighted by molar-refractivity contribution is -0.870. The van der Waals surface area contributed by atoms with Gasteiger partial charge in [-0.3, -0.25) is 9.36 Å². The highest BCUT2D eigenvalue weighted by molar-refractivity contribution is 7.45. The van der Waals surface area contributed by atoms with Crippen LogP contribution in [0.1, 0.15) is 232 Å². The van der Waals surface area contributed by atoms with Crippen LogP contribution in [0.3, 0.4) is 0 Å². The van der Waals surface area contributed by atoms with E-state index in [0.717, 1.165) is 38.5 Å². The van der Waals surface area contributed by atoms with E-state index < -0.39 is 20.0 Å². The molecule has 0 aliphatic heterocycles. The molecule has 8 nitrogen and oxygen atoms in total. The summed E-state index contributed by atoms with van der Waals surface area (Å²) in [7, 11) is 1.32. The van der Waals surface area contributed by atoms with E-state index in [1.54, 1.807) is 0 Å². The maximum atomic E-state index is 12.9. The fourth-order valence-corrected chi connectivity index (χ4v) is 7.82. The fraction of sp³-hybridized carbons (Fsp3) is 0.978. The van der Waals surface area contributed by atoms with Crippen LogP contribution in [0.4, 0.5) is 0 Å². The topological polar surface area (TPSA) is 108 Å². The number of aliphatic hydroxyl groups excluding tert-OH is 1. The van der Waals surface area contributed by atoms with Crippen LogP contribution in [-0.4, -0.2) is 68.5 Å². The monoisotopic (exact) mass is 789 g/mol. The van der Waals surface area contributed by atoms with Gasteiger partial charge >= 0.3 is 0 Å².